The van der Waals surface area contributed by atoms with E-state index < -0.39 is 17.0 Å². The standard InChI is InChI=1S/C28H25N5O6S/c1-37-16-25(34)30-20-15-17(10-11-23(20)38-2)32-27(26(31-28(32)40)19-8-5-6-14-29-19)24-13-12-22(39-24)18-7-3-4-9-21(18)33(35)36/h3-15,26-27H,16H2,1-2H3,(H,30,34)(H,31,40)/t26-,27+/m0/s1. The Hall–Kier alpha value is -4.81. The summed E-state index contributed by atoms with van der Waals surface area (Å²) in [5.41, 5.74) is 2.11. The number of nitro benzene ring substituents is 1. The predicted octanol–water partition coefficient (Wildman–Crippen LogP) is 5.02. The minimum absolute atomic E-state index is 0.0619. The average Bonchev–Trinajstić information content (AvgIpc) is 3.58. The number of hydrogen-bond acceptors (Lipinski definition) is 8. The summed E-state index contributed by atoms with van der Waals surface area (Å²) in [4.78, 5) is 29.9. The van der Waals surface area contributed by atoms with Crippen LogP contribution < -0.4 is 20.3 Å². The molecule has 0 saturated carbocycles. The summed E-state index contributed by atoms with van der Waals surface area (Å²) in [6.07, 6.45) is 1.69. The molecule has 0 radical (unpaired) electrons. The fourth-order valence-corrected chi connectivity index (χ4v) is 5.03. The smallest absolute Gasteiger partial charge is 0.280 e. The van der Waals surface area contributed by atoms with Crippen LogP contribution in [-0.4, -0.2) is 41.8 Å². The van der Waals surface area contributed by atoms with Crippen LogP contribution in [0.4, 0.5) is 17.1 Å². The van der Waals surface area contributed by atoms with Crippen molar-refractivity contribution in [3.63, 3.8) is 0 Å². The van der Waals surface area contributed by atoms with Crippen LogP contribution in [-0.2, 0) is 9.53 Å². The van der Waals surface area contributed by atoms with E-state index in [1.54, 1.807) is 48.7 Å². The lowest BCUT2D eigenvalue weighted by molar-refractivity contribution is -0.384. The van der Waals surface area contributed by atoms with E-state index in [1.807, 2.05) is 29.2 Å². The Kier molecular flexibility index (Phi) is 7.71. The normalized spacial score (nSPS) is 16.4. The van der Waals surface area contributed by atoms with Gasteiger partial charge in [0.05, 0.1) is 35.0 Å². The van der Waals surface area contributed by atoms with Gasteiger partial charge in [0.1, 0.15) is 29.9 Å². The third-order valence-corrected chi connectivity index (χ3v) is 6.71. The second-order valence-corrected chi connectivity index (χ2v) is 9.23. The number of para-hydroxylation sites is 1. The van der Waals surface area contributed by atoms with Crippen LogP contribution in [0, 0.1) is 10.1 Å². The van der Waals surface area contributed by atoms with E-state index in [9.17, 15) is 14.9 Å². The molecule has 1 saturated heterocycles. The van der Waals surface area contributed by atoms with Crippen LogP contribution in [0.5, 0.6) is 5.75 Å². The maximum atomic E-state index is 12.3. The van der Waals surface area contributed by atoms with Crippen LogP contribution in [0.1, 0.15) is 23.5 Å². The number of nitrogens with zero attached hydrogens (tertiary/aromatic N) is 3. The lowest BCUT2D eigenvalue weighted by atomic mass is 10.0. The summed E-state index contributed by atoms with van der Waals surface area (Å²) in [6, 6.07) is 19.8. The molecule has 2 N–H and O–H groups in total. The van der Waals surface area contributed by atoms with Crippen LogP contribution in [0.15, 0.2) is 83.4 Å². The average molecular weight is 560 g/mol. The molecule has 1 amide bonds. The Morgan fingerprint density at radius 2 is 1.95 bits per heavy atom. The van der Waals surface area contributed by atoms with Crippen LogP contribution in [0.25, 0.3) is 11.3 Å². The summed E-state index contributed by atoms with van der Waals surface area (Å²) in [5, 5.41) is 18.2. The fourth-order valence-electron chi connectivity index (χ4n) is 4.68. The number of amides is 1. The molecule has 204 valence electrons. The van der Waals surface area contributed by atoms with Gasteiger partial charge in [0.15, 0.2) is 5.11 Å². The molecule has 11 nitrogen and oxygen atoms in total. The van der Waals surface area contributed by atoms with Crippen molar-refractivity contribution in [2.75, 3.05) is 31.0 Å². The number of carbonyl (C=O) groups is 1. The SMILES string of the molecule is COCC(=O)Nc1cc(N2C(=S)N[C@@H](c3ccccn3)[C@H]2c2ccc(-c3ccccc3[N+](=O)[O-])o2)ccc1OC. The number of benzene rings is 2. The van der Waals surface area contributed by atoms with Crippen LogP contribution >= 0.6 is 12.2 Å². The first-order valence-corrected chi connectivity index (χ1v) is 12.6. The van der Waals surface area contributed by atoms with E-state index in [0.29, 0.717) is 39.3 Å². The van der Waals surface area contributed by atoms with Crippen molar-refractivity contribution in [3.8, 4) is 17.1 Å². The molecule has 1 aliphatic rings. The third kappa shape index (κ3) is 5.22. The Labute approximate surface area is 234 Å². The zero-order valence-electron chi connectivity index (χ0n) is 21.6. The fraction of sp³-hybridized carbons (Fsp3) is 0.179. The van der Waals surface area contributed by atoms with E-state index in [4.69, 9.17) is 26.1 Å². The molecule has 2 aromatic heterocycles. The van der Waals surface area contributed by atoms with Gasteiger partial charge < -0.3 is 29.4 Å². The molecule has 0 aliphatic carbocycles. The maximum absolute atomic E-state index is 12.3. The molecule has 2 aromatic carbocycles. The molecule has 12 heteroatoms. The van der Waals surface area contributed by atoms with E-state index in [1.165, 1.54) is 20.3 Å². The highest BCUT2D eigenvalue weighted by molar-refractivity contribution is 7.80. The van der Waals surface area contributed by atoms with Gasteiger partial charge in [0, 0.05) is 25.1 Å². The summed E-state index contributed by atoms with van der Waals surface area (Å²) in [6.45, 7) is -0.123. The first kappa shape index (κ1) is 26.8. The number of carbonyl (C=O) groups excluding carboxylic acids is 1. The van der Waals surface area contributed by atoms with Gasteiger partial charge in [-0.1, -0.05) is 18.2 Å². The minimum atomic E-state index is -0.519. The van der Waals surface area contributed by atoms with Crippen molar-refractivity contribution in [2.24, 2.45) is 0 Å². The van der Waals surface area contributed by atoms with Gasteiger partial charge in [-0.3, -0.25) is 19.9 Å². The van der Waals surface area contributed by atoms with E-state index in [0.717, 1.165) is 5.69 Å². The number of furan rings is 1. The van der Waals surface area contributed by atoms with Crippen LogP contribution in [0.2, 0.25) is 0 Å². The topological polar surface area (TPSA) is 132 Å². The lowest BCUT2D eigenvalue weighted by Crippen LogP contribution is -2.29. The second kappa shape index (κ2) is 11.5. The largest absolute Gasteiger partial charge is 0.495 e. The molecule has 2 atom stereocenters. The number of hydrogen-bond donors (Lipinski definition) is 2. The molecule has 0 bridgehead atoms. The Balaban J connectivity index is 1.60. The summed E-state index contributed by atoms with van der Waals surface area (Å²) < 4.78 is 16.7. The molecule has 3 heterocycles. The predicted molar refractivity (Wildman–Crippen MR) is 152 cm³/mol. The van der Waals surface area contributed by atoms with Gasteiger partial charge in [-0.2, -0.15) is 0 Å². The first-order valence-electron chi connectivity index (χ1n) is 12.2. The molecular weight excluding hydrogens is 534 g/mol. The Bertz CT molecular complexity index is 1560. The quantitative estimate of drug-likeness (QED) is 0.164. The number of nitro groups is 1. The van der Waals surface area contributed by atoms with Crippen molar-refractivity contribution in [2.45, 2.75) is 12.1 Å². The van der Waals surface area contributed by atoms with Crippen molar-refractivity contribution >= 4 is 40.3 Å². The number of aromatic nitrogens is 1. The summed E-state index contributed by atoms with van der Waals surface area (Å²) in [5.74, 6) is 0.975. The number of ether oxygens (including phenoxy) is 2. The summed E-state index contributed by atoms with van der Waals surface area (Å²) >= 11 is 5.78. The molecule has 0 spiro atoms. The maximum Gasteiger partial charge on any atom is 0.280 e. The van der Waals surface area contributed by atoms with Gasteiger partial charge >= 0.3 is 0 Å². The van der Waals surface area contributed by atoms with Crippen LogP contribution in [0.3, 0.4) is 0 Å². The second-order valence-electron chi connectivity index (χ2n) is 8.84. The number of methoxy groups -OCH3 is 2. The number of pyridine rings is 1. The monoisotopic (exact) mass is 559 g/mol. The number of rotatable bonds is 9. The zero-order valence-corrected chi connectivity index (χ0v) is 22.4. The van der Waals surface area contributed by atoms with Gasteiger partial charge in [0.25, 0.3) is 5.69 Å². The lowest BCUT2D eigenvalue weighted by Gasteiger charge is -2.27. The highest BCUT2D eigenvalue weighted by atomic mass is 32.1. The summed E-state index contributed by atoms with van der Waals surface area (Å²) in [7, 11) is 2.95. The van der Waals surface area contributed by atoms with Crippen molar-refractivity contribution in [1.29, 1.82) is 0 Å². The molecule has 0 unspecified atom stereocenters. The third-order valence-electron chi connectivity index (χ3n) is 6.39. The van der Waals surface area contributed by atoms with Gasteiger partial charge in [-0.15, -0.1) is 0 Å². The van der Waals surface area contributed by atoms with Crippen molar-refractivity contribution < 1.29 is 23.6 Å². The van der Waals surface area contributed by atoms with E-state index in [-0.39, 0.29) is 18.2 Å². The zero-order chi connectivity index (χ0) is 28.2. The number of nitrogens with one attached hydrogen (secondary N) is 2. The molecule has 1 aliphatic heterocycles. The number of thiocarbonyl (C=S) groups is 1. The highest BCUT2D eigenvalue weighted by Crippen LogP contribution is 2.44. The molecular formula is C28H25N5O6S. The van der Waals surface area contributed by atoms with E-state index in [2.05, 4.69) is 15.6 Å². The van der Waals surface area contributed by atoms with Gasteiger partial charge in [0.2, 0.25) is 5.91 Å². The molecule has 40 heavy (non-hydrogen) atoms. The Morgan fingerprint density at radius 1 is 1.15 bits per heavy atom. The van der Waals surface area contributed by atoms with Gasteiger partial charge in [-0.25, -0.2) is 0 Å². The first-order chi connectivity index (χ1) is 19.4. The molecule has 5 rings (SSSR count). The number of anilines is 2. The Morgan fingerprint density at radius 3 is 2.67 bits per heavy atom. The highest BCUT2D eigenvalue weighted by Gasteiger charge is 2.43. The minimum Gasteiger partial charge on any atom is -0.495 e. The van der Waals surface area contributed by atoms with Crippen molar-refractivity contribution in [1.82, 2.24) is 10.3 Å². The molecule has 1 fully saturated rings. The van der Waals surface area contributed by atoms with Gasteiger partial charge in [-0.05, 0) is 60.7 Å². The van der Waals surface area contributed by atoms with E-state index >= 15 is 0 Å². The van der Waals surface area contributed by atoms with Crippen molar-refractivity contribution in [3.05, 3.63) is 101 Å². The molecule has 4 aromatic rings.